The van der Waals surface area contributed by atoms with Crippen molar-refractivity contribution in [3.63, 3.8) is 0 Å². The van der Waals surface area contributed by atoms with Crippen molar-refractivity contribution in [3.05, 3.63) is 29.3 Å². The van der Waals surface area contributed by atoms with Crippen LogP contribution in [0.5, 0.6) is 0 Å². The van der Waals surface area contributed by atoms with E-state index in [0.717, 1.165) is 5.56 Å². The fourth-order valence-electron chi connectivity index (χ4n) is 1.33. The first kappa shape index (κ1) is 15.0. The van der Waals surface area contributed by atoms with E-state index in [1.54, 1.807) is 30.7 Å². The van der Waals surface area contributed by atoms with Crippen LogP contribution in [0.4, 0.5) is 8.78 Å². The van der Waals surface area contributed by atoms with Gasteiger partial charge in [0.15, 0.2) is 0 Å². The summed E-state index contributed by atoms with van der Waals surface area (Å²) in [6.07, 6.45) is 0. The van der Waals surface area contributed by atoms with E-state index in [1.807, 2.05) is 0 Å². The molecule has 0 heterocycles. The quantitative estimate of drug-likeness (QED) is 0.851. The summed E-state index contributed by atoms with van der Waals surface area (Å²) in [6.45, 7) is 0.764. The summed E-state index contributed by atoms with van der Waals surface area (Å²) in [6, 6.07) is 4.75. The van der Waals surface area contributed by atoms with E-state index in [1.165, 1.54) is 6.07 Å². The normalized spacial score (nSPS) is 12.7. The molecule has 0 aliphatic carbocycles. The summed E-state index contributed by atoms with van der Waals surface area (Å²) in [5, 5.41) is 8.38. The van der Waals surface area contributed by atoms with Gasteiger partial charge in [0.1, 0.15) is 6.61 Å². The van der Waals surface area contributed by atoms with E-state index in [-0.39, 0.29) is 4.90 Å². The zero-order chi connectivity index (χ0) is 14.0. The molecule has 102 valence electrons. The van der Waals surface area contributed by atoms with Crippen LogP contribution in [0.25, 0.3) is 0 Å². The van der Waals surface area contributed by atoms with Crippen LogP contribution in [0.15, 0.2) is 23.1 Å². The van der Waals surface area contributed by atoms with E-state index in [4.69, 9.17) is 5.11 Å². The Bertz CT molecular complexity index is 529. The number of nitrogens with one attached hydrogen (secondary N) is 1. The van der Waals surface area contributed by atoms with Gasteiger partial charge in [0.25, 0.3) is 5.92 Å². The van der Waals surface area contributed by atoms with E-state index in [2.05, 4.69) is 0 Å². The van der Waals surface area contributed by atoms with Crippen LogP contribution in [-0.2, 0) is 10.0 Å². The highest BCUT2D eigenvalue weighted by Crippen LogP contribution is 2.18. The molecule has 1 aromatic carbocycles. The molecule has 0 unspecified atom stereocenters. The van der Waals surface area contributed by atoms with Gasteiger partial charge in [0.2, 0.25) is 10.0 Å². The molecule has 0 aromatic heterocycles. The van der Waals surface area contributed by atoms with Gasteiger partial charge >= 0.3 is 0 Å². The van der Waals surface area contributed by atoms with Crippen molar-refractivity contribution in [1.29, 1.82) is 0 Å². The number of hydrogen-bond donors (Lipinski definition) is 2. The lowest BCUT2D eigenvalue weighted by Gasteiger charge is -2.15. The topological polar surface area (TPSA) is 66.4 Å². The van der Waals surface area contributed by atoms with E-state index >= 15 is 0 Å². The van der Waals surface area contributed by atoms with Gasteiger partial charge in [-0.15, -0.1) is 0 Å². The van der Waals surface area contributed by atoms with Crippen LogP contribution in [0.3, 0.4) is 0 Å². The van der Waals surface area contributed by atoms with Gasteiger partial charge in [-0.25, -0.2) is 21.9 Å². The Balaban J connectivity index is 2.97. The van der Waals surface area contributed by atoms with Crippen molar-refractivity contribution in [2.75, 3.05) is 13.2 Å². The largest absolute Gasteiger partial charge is 0.390 e. The second-order valence-electron chi connectivity index (χ2n) is 4.11. The number of aliphatic hydroxyl groups is 1. The predicted molar refractivity (Wildman–Crippen MR) is 63.1 cm³/mol. The van der Waals surface area contributed by atoms with Crippen LogP contribution >= 0.6 is 0 Å². The first-order valence-corrected chi connectivity index (χ1v) is 6.72. The number of sulfonamides is 1. The molecule has 18 heavy (non-hydrogen) atoms. The minimum absolute atomic E-state index is 0.0313. The minimum atomic E-state index is -4.00. The Labute approximate surface area is 105 Å². The van der Waals surface area contributed by atoms with Crippen molar-refractivity contribution in [2.45, 2.75) is 24.7 Å². The summed E-state index contributed by atoms with van der Waals surface area (Å²) < 4.78 is 51.1. The first-order valence-electron chi connectivity index (χ1n) is 5.23. The van der Waals surface area contributed by atoms with Gasteiger partial charge < -0.3 is 5.11 Å². The van der Waals surface area contributed by atoms with Gasteiger partial charge in [-0.1, -0.05) is 12.1 Å². The fourth-order valence-corrected chi connectivity index (χ4v) is 2.72. The van der Waals surface area contributed by atoms with Crippen molar-refractivity contribution in [3.8, 4) is 0 Å². The number of halogens is 2. The van der Waals surface area contributed by atoms with Crippen LogP contribution < -0.4 is 4.72 Å². The molecular weight excluding hydrogens is 264 g/mol. The molecule has 0 amide bonds. The third kappa shape index (κ3) is 3.72. The van der Waals surface area contributed by atoms with E-state index < -0.39 is 29.1 Å². The molecule has 0 radical (unpaired) electrons. The number of aliphatic hydroxyl groups excluding tert-OH is 1. The van der Waals surface area contributed by atoms with Crippen LogP contribution in [-0.4, -0.2) is 32.6 Å². The van der Waals surface area contributed by atoms with Gasteiger partial charge in [0.05, 0.1) is 11.4 Å². The van der Waals surface area contributed by atoms with Crippen LogP contribution in [0, 0.1) is 13.8 Å². The molecule has 2 N–H and O–H groups in total. The molecule has 0 saturated carbocycles. The smallest absolute Gasteiger partial charge is 0.283 e. The average Bonchev–Trinajstić information content (AvgIpc) is 2.30. The third-order valence-corrected chi connectivity index (χ3v) is 3.93. The first-order chi connectivity index (χ1) is 8.18. The van der Waals surface area contributed by atoms with Crippen molar-refractivity contribution in [1.82, 2.24) is 4.72 Å². The SMILES string of the molecule is Cc1ccc(C)c(S(=O)(=O)NCC(F)(F)CO)c1. The molecule has 0 aliphatic rings. The van der Waals surface area contributed by atoms with Crippen LogP contribution in [0.1, 0.15) is 11.1 Å². The number of hydrogen-bond acceptors (Lipinski definition) is 3. The molecule has 4 nitrogen and oxygen atoms in total. The molecule has 1 aromatic rings. The monoisotopic (exact) mass is 279 g/mol. The van der Waals surface area contributed by atoms with E-state index in [9.17, 15) is 17.2 Å². The second-order valence-corrected chi connectivity index (χ2v) is 5.84. The molecule has 0 fully saturated rings. The highest BCUT2D eigenvalue weighted by molar-refractivity contribution is 7.89. The lowest BCUT2D eigenvalue weighted by Crippen LogP contribution is -2.39. The van der Waals surface area contributed by atoms with Crippen molar-refractivity contribution in [2.24, 2.45) is 0 Å². The number of alkyl halides is 2. The van der Waals surface area contributed by atoms with Gasteiger partial charge in [-0.05, 0) is 31.0 Å². The number of benzene rings is 1. The van der Waals surface area contributed by atoms with Gasteiger partial charge in [0, 0.05) is 0 Å². The summed E-state index contributed by atoms with van der Waals surface area (Å²) >= 11 is 0. The zero-order valence-electron chi connectivity index (χ0n) is 10.1. The summed E-state index contributed by atoms with van der Waals surface area (Å²) in [4.78, 5) is -0.0313. The highest BCUT2D eigenvalue weighted by Gasteiger charge is 2.30. The number of aryl methyl sites for hydroxylation is 2. The summed E-state index contributed by atoms with van der Waals surface area (Å²) in [5.41, 5.74) is 1.19. The number of rotatable bonds is 5. The maximum absolute atomic E-state index is 12.8. The fraction of sp³-hybridized carbons (Fsp3) is 0.455. The van der Waals surface area contributed by atoms with Gasteiger partial charge in [-0.3, -0.25) is 0 Å². The summed E-state index contributed by atoms with van der Waals surface area (Å²) in [7, 11) is -4.00. The highest BCUT2D eigenvalue weighted by atomic mass is 32.2. The van der Waals surface area contributed by atoms with Gasteiger partial charge in [-0.2, -0.15) is 0 Å². The Morgan fingerprint density at radius 1 is 1.33 bits per heavy atom. The molecule has 0 bridgehead atoms. The van der Waals surface area contributed by atoms with Crippen molar-refractivity contribution < 1.29 is 22.3 Å². The zero-order valence-corrected chi connectivity index (χ0v) is 10.9. The Morgan fingerprint density at radius 3 is 2.50 bits per heavy atom. The standard InChI is InChI=1S/C11H15F2NO3S/c1-8-3-4-9(2)10(5-8)18(16,17)14-6-11(12,13)7-15/h3-5,14-15H,6-7H2,1-2H3. The Hall–Kier alpha value is -1.05. The predicted octanol–water partition coefficient (Wildman–Crippen LogP) is 1.21. The molecule has 0 spiro atoms. The Morgan fingerprint density at radius 2 is 1.94 bits per heavy atom. The Kier molecular flexibility index (Phi) is 4.41. The molecule has 0 atom stereocenters. The summed E-state index contributed by atoms with van der Waals surface area (Å²) in [5.74, 6) is -3.47. The average molecular weight is 279 g/mol. The third-order valence-electron chi connectivity index (χ3n) is 2.39. The van der Waals surface area contributed by atoms with E-state index in [0.29, 0.717) is 5.56 Å². The minimum Gasteiger partial charge on any atom is -0.390 e. The lowest BCUT2D eigenvalue weighted by atomic mass is 10.2. The maximum atomic E-state index is 12.8. The molecular formula is C11H15F2NO3S. The van der Waals surface area contributed by atoms with Crippen LogP contribution in [0.2, 0.25) is 0 Å². The maximum Gasteiger partial charge on any atom is 0.283 e. The van der Waals surface area contributed by atoms with Crippen molar-refractivity contribution >= 4 is 10.0 Å². The molecule has 1 rings (SSSR count). The molecule has 0 aliphatic heterocycles. The molecule has 7 heteroatoms. The molecule has 0 saturated heterocycles. The lowest BCUT2D eigenvalue weighted by molar-refractivity contribution is -0.0437. The second kappa shape index (κ2) is 5.29.